The third kappa shape index (κ3) is 2.67. The predicted molar refractivity (Wildman–Crippen MR) is 84.5 cm³/mol. The van der Waals surface area contributed by atoms with Crippen molar-refractivity contribution >= 4 is 39.3 Å². The number of anilines is 1. The van der Waals surface area contributed by atoms with Crippen LogP contribution in [0.3, 0.4) is 0 Å². The average Bonchev–Trinajstić information content (AvgIpc) is 2.36. The van der Waals surface area contributed by atoms with Gasteiger partial charge in [0.25, 0.3) is 0 Å². The van der Waals surface area contributed by atoms with E-state index in [4.69, 9.17) is 4.74 Å². The first kappa shape index (κ1) is 13.1. The number of hydrogen-bond donors (Lipinski definition) is 0. The average molecular weight is 369 g/mol. The van der Waals surface area contributed by atoms with Crippen LogP contribution in [0.15, 0.2) is 24.5 Å². The fourth-order valence-corrected chi connectivity index (χ4v) is 3.11. The van der Waals surface area contributed by atoms with Crippen molar-refractivity contribution in [3.63, 3.8) is 0 Å². The van der Waals surface area contributed by atoms with Gasteiger partial charge in [-0.3, -0.25) is 0 Å². The van der Waals surface area contributed by atoms with Gasteiger partial charge in [-0.1, -0.05) is 0 Å². The fourth-order valence-electron chi connectivity index (χ4n) is 2.62. The lowest BCUT2D eigenvalue weighted by molar-refractivity contribution is -0.00537. The summed E-state index contributed by atoms with van der Waals surface area (Å²) >= 11 is 2.32. The lowest BCUT2D eigenvalue weighted by Gasteiger charge is -2.36. The van der Waals surface area contributed by atoms with E-state index < -0.39 is 0 Å². The van der Waals surface area contributed by atoms with Gasteiger partial charge in [-0.25, -0.2) is 9.97 Å². The smallest absolute Gasteiger partial charge is 0.140 e. The number of halogens is 1. The summed E-state index contributed by atoms with van der Waals surface area (Å²) in [5.74, 6) is 1.02. The molecule has 1 aromatic heterocycles. The molecule has 0 saturated carbocycles. The summed E-state index contributed by atoms with van der Waals surface area (Å²) in [4.78, 5) is 11.1. The molecule has 1 aliphatic rings. The topological polar surface area (TPSA) is 38.2 Å². The Morgan fingerprint density at radius 1 is 1.21 bits per heavy atom. The largest absolute Gasteiger partial charge is 0.372 e. The van der Waals surface area contributed by atoms with Crippen molar-refractivity contribution in [2.75, 3.05) is 18.0 Å². The zero-order valence-corrected chi connectivity index (χ0v) is 13.2. The monoisotopic (exact) mass is 369 g/mol. The summed E-state index contributed by atoms with van der Waals surface area (Å²) in [7, 11) is 0. The van der Waals surface area contributed by atoms with Gasteiger partial charge in [-0.05, 0) is 54.6 Å². The minimum atomic E-state index is 0.233. The number of benzene rings is 1. The molecule has 5 heteroatoms. The van der Waals surface area contributed by atoms with Crippen molar-refractivity contribution in [1.82, 2.24) is 9.97 Å². The van der Waals surface area contributed by atoms with Gasteiger partial charge < -0.3 is 9.64 Å². The second-order valence-corrected chi connectivity index (χ2v) is 6.27. The second kappa shape index (κ2) is 5.20. The molecule has 0 aliphatic carbocycles. The van der Waals surface area contributed by atoms with Crippen LogP contribution in [0.1, 0.15) is 13.8 Å². The van der Waals surface area contributed by atoms with Crippen molar-refractivity contribution in [2.24, 2.45) is 0 Å². The number of hydrogen-bond acceptors (Lipinski definition) is 4. The molecule has 0 N–H and O–H groups in total. The highest BCUT2D eigenvalue weighted by Crippen LogP contribution is 2.27. The molecule has 19 heavy (non-hydrogen) atoms. The highest BCUT2D eigenvalue weighted by Gasteiger charge is 2.24. The van der Waals surface area contributed by atoms with E-state index in [9.17, 15) is 0 Å². The number of nitrogens with zero attached hydrogens (tertiary/aromatic N) is 3. The van der Waals surface area contributed by atoms with Gasteiger partial charge in [0.2, 0.25) is 0 Å². The van der Waals surface area contributed by atoms with E-state index in [1.807, 2.05) is 0 Å². The lowest BCUT2D eigenvalue weighted by Crippen LogP contribution is -2.45. The van der Waals surface area contributed by atoms with Crippen LogP contribution in [0.2, 0.25) is 0 Å². The Morgan fingerprint density at radius 2 is 1.95 bits per heavy atom. The van der Waals surface area contributed by atoms with Gasteiger partial charge >= 0.3 is 0 Å². The van der Waals surface area contributed by atoms with E-state index in [-0.39, 0.29) is 12.2 Å². The molecule has 1 aromatic carbocycles. The third-order valence-electron chi connectivity index (χ3n) is 3.30. The van der Waals surface area contributed by atoms with Crippen LogP contribution in [0.25, 0.3) is 10.9 Å². The van der Waals surface area contributed by atoms with E-state index in [2.05, 4.69) is 69.5 Å². The van der Waals surface area contributed by atoms with Crippen LogP contribution in [-0.4, -0.2) is 35.3 Å². The molecule has 4 nitrogen and oxygen atoms in total. The first-order valence-electron chi connectivity index (χ1n) is 6.44. The molecule has 1 saturated heterocycles. The number of ether oxygens (including phenoxy) is 1. The molecule has 1 aliphatic heterocycles. The molecule has 1 fully saturated rings. The molecule has 0 bridgehead atoms. The first-order valence-corrected chi connectivity index (χ1v) is 7.52. The SMILES string of the molecule is CC1CN(c2ncnc3ccc(I)cc23)CC(C)O1. The van der Waals surface area contributed by atoms with E-state index in [1.165, 1.54) is 3.57 Å². The van der Waals surface area contributed by atoms with Gasteiger partial charge in [0.05, 0.1) is 17.7 Å². The maximum atomic E-state index is 5.79. The molecule has 2 aromatic rings. The van der Waals surface area contributed by atoms with Crippen LogP contribution in [0.4, 0.5) is 5.82 Å². The molecule has 0 amide bonds. The van der Waals surface area contributed by atoms with Gasteiger partial charge in [0.15, 0.2) is 0 Å². The zero-order chi connectivity index (χ0) is 13.4. The van der Waals surface area contributed by atoms with E-state index in [0.717, 1.165) is 29.8 Å². The maximum absolute atomic E-state index is 5.79. The Kier molecular flexibility index (Phi) is 3.58. The summed E-state index contributed by atoms with van der Waals surface area (Å²) < 4.78 is 6.99. The molecule has 2 unspecified atom stereocenters. The predicted octanol–water partition coefficient (Wildman–Crippen LogP) is 2.85. The molecule has 0 spiro atoms. The zero-order valence-electron chi connectivity index (χ0n) is 11.0. The molecule has 2 heterocycles. The third-order valence-corrected chi connectivity index (χ3v) is 3.97. The second-order valence-electron chi connectivity index (χ2n) is 5.02. The van der Waals surface area contributed by atoms with Crippen LogP contribution in [0, 0.1) is 3.57 Å². The Labute approximate surface area is 126 Å². The summed E-state index contributed by atoms with van der Waals surface area (Å²) in [6.45, 7) is 5.97. The molecule has 2 atom stereocenters. The Hall–Kier alpha value is -0.950. The van der Waals surface area contributed by atoms with Crippen molar-refractivity contribution in [3.8, 4) is 0 Å². The first-order chi connectivity index (χ1) is 9.13. The maximum Gasteiger partial charge on any atom is 0.140 e. The van der Waals surface area contributed by atoms with Crippen molar-refractivity contribution in [2.45, 2.75) is 26.1 Å². The number of fused-ring (bicyclic) bond motifs is 1. The normalized spacial score (nSPS) is 23.8. The Bertz CT molecular complexity index is 594. The molecule has 0 radical (unpaired) electrons. The number of aromatic nitrogens is 2. The van der Waals surface area contributed by atoms with Crippen LogP contribution >= 0.6 is 22.6 Å². The summed E-state index contributed by atoms with van der Waals surface area (Å²) in [5, 5.41) is 1.12. The summed E-state index contributed by atoms with van der Waals surface area (Å²) in [6, 6.07) is 6.27. The lowest BCUT2D eigenvalue weighted by atomic mass is 10.2. The Balaban J connectivity index is 2.06. The van der Waals surface area contributed by atoms with Crippen molar-refractivity contribution < 1.29 is 4.74 Å². The van der Waals surface area contributed by atoms with Gasteiger partial charge in [0.1, 0.15) is 12.1 Å². The van der Waals surface area contributed by atoms with Crippen LogP contribution in [0.5, 0.6) is 0 Å². The number of rotatable bonds is 1. The van der Waals surface area contributed by atoms with Crippen LogP contribution < -0.4 is 4.90 Å². The summed E-state index contributed by atoms with van der Waals surface area (Å²) in [5.41, 5.74) is 0.997. The van der Waals surface area contributed by atoms with Crippen molar-refractivity contribution in [3.05, 3.63) is 28.1 Å². The van der Waals surface area contributed by atoms with Gasteiger partial charge in [-0.2, -0.15) is 0 Å². The van der Waals surface area contributed by atoms with E-state index >= 15 is 0 Å². The minimum Gasteiger partial charge on any atom is -0.372 e. The van der Waals surface area contributed by atoms with Gasteiger partial charge in [0, 0.05) is 22.0 Å². The van der Waals surface area contributed by atoms with E-state index in [0.29, 0.717) is 0 Å². The highest BCUT2D eigenvalue weighted by atomic mass is 127. The Morgan fingerprint density at radius 3 is 2.68 bits per heavy atom. The fraction of sp³-hybridized carbons (Fsp3) is 0.429. The number of morpholine rings is 1. The van der Waals surface area contributed by atoms with Crippen LogP contribution in [-0.2, 0) is 4.74 Å². The quantitative estimate of drug-likeness (QED) is 0.725. The standard InChI is InChI=1S/C14H16IN3O/c1-9-6-18(7-10(2)19-9)14-12-5-11(15)3-4-13(12)16-8-17-14/h3-5,8-10H,6-7H2,1-2H3. The molecule has 3 rings (SSSR count). The van der Waals surface area contributed by atoms with Gasteiger partial charge in [-0.15, -0.1) is 0 Å². The molecular weight excluding hydrogens is 353 g/mol. The minimum absolute atomic E-state index is 0.233. The highest BCUT2D eigenvalue weighted by molar-refractivity contribution is 14.1. The van der Waals surface area contributed by atoms with Crippen molar-refractivity contribution in [1.29, 1.82) is 0 Å². The molecule has 100 valence electrons. The molecular formula is C14H16IN3O. The van der Waals surface area contributed by atoms with E-state index in [1.54, 1.807) is 6.33 Å². The summed E-state index contributed by atoms with van der Waals surface area (Å²) in [6.07, 6.45) is 2.11.